The van der Waals surface area contributed by atoms with Crippen LogP contribution in [0.15, 0.2) is 27.6 Å². The Morgan fingerprint density at radius 2 is 2.19 bits per heavy atom. The standard InChI is InChI=1S/C9H7BrClNO2S2/c10-8-1-2-9(7(5-8)6-12)15-3-4-16(11,13)14/h1-2,5H,3-4H2. The maximum atomic E-state index is 10.7. The van der Waals surface area contributed by atoms with Crippen molar-refractivity contribution >= 4 is 47.4 Å². The van der Waals surface area contributed by atoms with Gasteiger partial charge in [0.2, 0.25) is 9.05 Å². The predicted octanol–water partition coefficient (Wildman–Crippen LogP) is 2.98. The number of benzene rings is 1. The summed E-state index contributed by atoms with van der Waals surface area (Å²) in [5, 5.41) is 8.87. The van der Waals surface area contributed by atoms with E-state index in [9.17, 15) is 8.42 Å². The minimum absolute atomic E-state index is 0.111. The summed E-state index contributed by atoms with van der Waals surface area (Å²) in [6.45, 7) is 0. The van der Waals surface area contributed by atoms with Gasteiger partial charge in [-0.15, -0.1) is 11.8 Å². The quantitative estimate of drug-likeness (QED) is 0.624. The Bertz CT molecular complexity index is 525. The predicted molar refractivity (Wildman–Crippen MR) is 69.2 cm³/mol. The van der Waals surface area contributed by atoms with E-state index < -0.39 is 9.05 Å². The van der Waals surface area contributed by atoms with Crippen molar-refractivity contribution in [2.45, 2.75) is 4.90 Å². The molecule has 0 radical (unpaired) electrons. The summed E-state index contributed by atoms with van der Waals surface area (Å²) < 4.78 is 22.2. The van der Waals surface area contributed by atoms with Crippen molar-refractivity contribution in [2.24, 2.45) is 0 Å². The Hall–Kier alpha value is -0.220. The highest BCUT2D eigenvalue weighted by atomic mass is 79.9. The van der Waals surface area contributed by atoms with Crippen molar-refractivity contribution < 1.29 is 8.42 Å². The number of rotatable bonds is 4. The second-order valence-corrected chi connectivity index (χ2v) is 7.79. The van der Waals surface area contributed by atoms with Crippen LogP contribution in [0.3, 0.4) is 0 Å². The summed E-state index contributed by atoms with van der Waals surface area (Å²) in [6, 6.07) is 7.32. The van der Waals surface area contributed by atoms with Crippen molar-refractivity contribution in [3.63, 3.8) is 0 Å². The minimum Gasteiger partial charge on any atom is -0.212 e. The molecular weight excluding hydrogens is 334 g/mol. The monoisotopic (exact) mass is 339 g/mol. The molecule has 0 aliphatic carbocycles. The average Bonchev–Trinajstić information content (AvgIpc) is 2.18. The number of hydrogen-bond donors (Lipinski definition) is 0. The van der Waals surface area contributed by atoms with Crippen LogP contribution in [0.1, 0.15) is 5.56 Å². The third-order valence-electron chi connectivity index (χ3n) is 1.65. The highest BCUT2D eigenvalue weighted by molar-refractivity contribution is 9.10. The lowest BCUT2D eigenvalue weighted by Gasteiger charge is -2.03. The third-order valence-corrected chi connectivity index (χ3v) is 4.63. The van der Waals surface area contributed by atoms with Crippen LogP contribution in [0, 0.1) is 11.3 Å². The van der Waals surface area contributed by atoms with E-state index in [0.29, 0.717) is 11.3 Å². The van der Waals surface area contributed by atoms with Gasteiger partial charge in [0.05, 0.1) is 11.3 Å². The van der Waals surface area contributed by atoms with Crippen molar-refractivity contribution in [1.29, 1.82) is 5.26 Å². The Kier molecular flexibility index (Phi) is 5.12. The molecule has 0 bridgehead atoms. The second-order valence-electron chi connectivity index (χ2n) is 2.84. The average molecular weight is 341 g/mol. The first kappa shape index (κ1) is 13.8. The van der Waals surface area contributed by atoms with Gasteiger partial charge in [-0.1, -0.05) is 15.9 Å². The molecule has 1 rings (SSSR count). The first-order chi connectivity index (χ1) is 7.42. The molecule has 0 aliphatic rings. The van der Waals surface area contributed by atoms with Crippen molar-refractivity contribution in [1.82, 2.24) is 0 Å². The first-order valence-electron chi connectivity index (χ1n) is 4.17. The smallest absolute Gasteiger partial charge is 0.212 e. The van der Waals surface area contributed by atoms with Gasteiger partial charge in [0, 0.05) is 25.8 Å². The molecule has 0 N–H and O–H groups in total. The van der Waals surface area contributed by atoms with Gasteiger partial charge < -0.3 is 0 Å². The molecule has 16 heavy (non-hydrogen) atoms. The molecule has 86 valence electrons. The number of halogens is 2. The maximum absolute atomic E-state index is 10.7. The zero-order valence-corrected chi connectivity index (χ0v) is 12.0. The van der Waals surface area contributed by atoms with Crippen LogP contribution in [-0.4, -0.2) is 19.9 Å². The van der Waals surface area contributed by atoms with Crippen LogP contribution in [0.2, 0.25) is 0 Å². The van der Waals surface area contributed by atoms with Gasteiger partial charge in [0.15, 0.2) is 0 Å². The van der Waals surface area contributed by atoms with E-state index in [1.807, 2.05) is 0 Å². The molecule has 0 saturated carbocycles. The number of nitriles is 1. The van der Waals surface area contributed by atoms with Gasteiger partial charge in [0.1, 0.15) is 6.07 Å². The number of thioether (sulfide) groups is 1. The molecule has 0 aromatic heterocycles. The Morgan fingerprint density at radius 3 is 2.75 bits per heavy atom. The minimum atomic E-state index is -3.46. The van der Waals surface area contributed by atoms with E-state index in [-0.39, 0.29) is 5.75 Å². The van der Waals surface area contributed by atoms with Gasteiger partial charge in [0.25, 0.3) is 0 Å². The summed E-state index contributed by atoms with van der Waals surface area (Å²) >= 11 is 4.56. The highest BCUT2D eigenvalue weighted by Crippen LogP contribution is 2.25. The first-order valence-corrected chi connectivity index (χ1v) is 8.43. The molecule has 0 aliphatic heterocycles. The summed E-state index contributed by atoms with van der Waals surface area (Å²) in [5.41, 5.74) is 0.520. The lowest BCUT2D eigenvalue weighted by atomic mass is 10.2. The van der Waals surface area contributed by atoms with Gasteiger partial charge in [-0.05, 0) is 18.2 Å². The molecule has 1 aromatic rings. The van der Waals surface area contributed by atoms with Gasteiger partial charge in [-0.25, -0.2) is 8.42 Å². The molecule has 0 atom stereocenters. The number of nitrogens with zero attached hydrogens (tertiary/aromatic N) is 1. The van der Waals surface area contributed by atoms with Gasteiger partial charge in [-0.2, -0.15) is 5.26 Å². The lowest BCUT2D eigenvalue weighted by Crippen LogP contribution is -1.99. The van der Waals surface area contributed by atoms with Crippen molar-refractivity contribution in [3.8, 4) is 6.07 Å². The molecule has 3 nitrogen and oxygen atoms in total. The fraction of sp³-hybridized carbons (Fsp3) is 0.222. The molecule has 0 fully saturated rings. The summed E-state index contributed by atoms with van der Waals surface area (Å²) in [4.78, 5) is 0.756. The second kappa shape index (κ2) is 5.92. The van der Waals surface area contributed by atoms with E-state index in [1.54, 1.807) is 18.2 Å². The zero-order valence-electron chi connectivity index (χ0n) is 7.98. The topological polar surface area (TPSA) is 57.9 Å². The number of hydrogen-bond acceptors (Lipinski definition) is 4. The van der Waals surface area contributed by atoms with E-state index in [0.717, 1.165) is 9.37 Å². The highest BCUT2D eigenvalue weighted by Gasteiger charge is 2.08. The third kappa shape index (κ3) is 4.74. The van der Waals surface area contributed by atoms with E-state index in [1.165, 1.54) is 11.8 Å². The SMILES string of the molecule is N#Cc1cc(Br)ccc1SCCS(=O)(=O)Cl. The van der Waals surface area contributed by atoms with Crippen LogP contribution in [0.5, 0.6) is 0 Å². The van der Waals surface area contributed by atoms with Crippen LogP contribution in [0.25, 0.3) is 0 Å². The van der Waals surface area contributed by atoms with Crippen molar-refractivity contribution in [3.05, 3.63) is 28.2 Å². The molecule has 0 saturated heterocycles. The normalized spacial score (nSPS) is 11.1. The molecule has 1 aromatic carbocycles. The van der Waals surface area contributed by atoms with E-state index in [4.69, 9.17) is 15.9 Å². The molecule has 0 heterocycles. The van der Waals surface area contributed by atoms with E-state index >= 15 is 0 Å². The zero-order chi connectivity index (χ0) is 12.2. The van der Waals surface area contributed by atoms with Crippen LogP contribution in [-0.2, 0) is 9.05 Å². The molecule has 0 unspecified atom stereocenters. The Labute approximate surface area is 111 Å². The maximum Gasteiger partial charge on any atom is 0.233 e. The van der Waals surface area contributed by atoms with Gasteiger partial charge in [-0.3, -0.25) is 0 Å². The summed E-state index contributed by atoms with van der Waals surface area (Å²) in [5.74, 6) is 0.225. The fourth-order valence-electron chi connectivity index (χ4n) is 0.967. The molecule has 0 amide bonds. The van der Waals surface area contributed by atoms with Crippen LogP contribution >= 0.6 is 38.4 Å². The largest absolute Gasteiger partial charge is 0.233 e. The van der Waals surface area contributed by atoms with Gasteiger partial charge >= 0.3 is 0 Å². The Morgan fingerprint density at radius 1 is 1.50 bits per heavy atom. The lowest BCUT2D eigenvalue weighted by molar-refractivity contribution is 0.611. The summed E-state index contributed by atoms with van der Waals surface area (Å²) in [6.07, 6.45) is 0. The molecule has 0 spiro atoms. The van der Waals surface area contributed by atoms with Crippen LogP contribution < -0.4 is 0 Å². The fourth-order valence-corrected chi connectivity index (χ4v) is 3.67. The van der Waals surface area contributed by atoms with Crippen molar-refractivity contribution in [2.75, 3.05) is 11.5 Å². The molecular formula is C9H7BrClNO2S2. The molecule has 7 heteroatoms. The van der Waals surface area contributed by atoms with E-state index in [2.05, 4.69) is 22.0 Å². The van der Waals surface area contributed by atoms with Crippen LogP contribution in [0.4, 0.5) is 0 Å². The summed E-state index contributed by atoms with van der Waals surface area (Å²) in [7, 11) is 1.62. The Balaban J connectivity index is 2.72.